The molecule has 4 aromatic rings. The van der Waals surface area contributed by atoms with Gasteiger partial charge in [-0.1, -0.05) is 60.7 Å². The van der Waals surface area contributed by atoms with Crippen molar-refractivity contribution in [3.8, 4) is 22.8 Å². The summed E-state index contributed by atoms with van der Waals surface area (Å²) in [5.41, 5.74) is 2.26. The number of aromatic nitrogens is 4. The van der Waals surface area contributed by atoms with Crippen LogP contribution in [0, 0.1) is 14.8 Å². The predicted octanol–water partition coefficient (Wildman–Crippen LogP) is 6.57. The van der Waals surface area contributed by atoms with Gasteiger partial charge in [0.05, 0.1) is 0 Å². The molecule has 0 aliphatic heterocycles. The van der Waals surface area contributed by atoms with Crippen molar-refractivity contribution in [1.29, 1.82) is 0 Å². The van der Waals surface area contributed by atoms with Crippen LogP contribution in [0.5, 0.6) is 0 Å². The number of imidazole rings is 2. The first kappa shape index (κ1) is 20.5. The van der Waals surface area contributed by atoms with E-state index in [1.807, 2.05) is 60.7 Å². The Bertz CT molecular complexity index is 860. The number of nitrogens with zero attached hydrogens (tertiary/aromatic N) is 2. The van der Waals surface area contributed by atoms with Crippen molar-refractivity contribution in [2.45, 2.75) is 0 Å². The number of rotatable bonds is 2. The molecule has 0 aliphatic carbocycles. The number of H-pyrrole nitrogens is 2. The first-order chi connectivity index (χ1) is 12.5. The molecular formula is C18H12I4N4. The Labute approximate surface area is 206 Å². The van der Waals surface area contributed by atoms with Crippen LogP contribution < -0.4 is 0 Å². The predicted molar refractivity (Wildman–Crippen MR) is 139 cm³/mol. The third-order valence-corrected chi connectivity index (χ3v) is 8.52. The molecule has 8 heteroatoms. The highest BCUT2D eigenvalue weighted by Crippen LogP contribution is 2.20. The lowest BCUT2D eigenvalue weighted by Crippen LogP contribution is -1.78. The second-order valence-electron chi connectivity index (χ2n) is 5.11. The molecule has 4 nitrogen and oxygen atoms in total. The van der Waals surface area contributed by atoms with Gasteiger partial charge in [0.2, 0.25) is 0 Å². The molecule has 132 valence electrons. The van der Waals surface area contributed by atoms with E-state index in [1.165, 1.54) is 0 Å². The zero-order valence-corrected chi connectivity index (χ0v) is 21.8. The normalized spacial score (nSPS) is 10.3. The van der Waals surface area contributed by atoms with Crippen LogP contribution in [0.25, 0.3) is 22.8 Å². The topological polar surface area (TPSA) is 57.4 Å². The number of benzene rings is 2. The minimum absolute atomic E-state index is 0.939. The van der Waals surface area contributed by atoms with E-state index in [9.17, 15) is 0 Å². The second-order valence-corrected chi connectivity index (χ2v) is 9.31. The van der Waals surface area contributed by atoms with E-state index in [0.717, 1.165) is 37.6 Å². The molecule has 0 fully saturated rings. The summed E-state index contributed by atoms with van der Waals surface area (Å²) < 4.78 is 4.24. The Balaban J connectivity index is 0.000000151. The van der Waals surface area contributed by atoms with Gasteiger partial charge in [0, 0.05) is 11.1 Å². The smallest absolute Gasteiger partial charge is 0.139 e. The SMILES string of the molecule is Ic1nc(-c2ccccc2)[nH]c1I.Ic1nc(-c2ccccc2)[nH]c1I. The first-order valence-electron chi connectivity index (χ1n) is 7.47. The molecule has 0 atom stereocenters. The maximum atomic E-state index is 4.40. The third-order valence-electron chi connectivity index (χ3n) is 3.33. The van der Waals surface area contributed by atoms with Crippen LogP contribution >= 0.6 is 90.4 Å². The average Bonchev–Trinajstić information content (AvgIpc) is 3.19. The van der Waals surface area contributed by atoms with E-state index >= 15 is 0 Å². The van der Waals surface area contributed by atoms with Gasteiger partial charge in [0.25, 0.3) is 0 Å². The highest BCUT2D eigenvalue weighted by Gasteiger charge is 2.06. The van der Waals surface area contributed by atoms with Crippen LogP contribution in [0.4, 0.5) is 0 Å². The van der Waals surface area contributed by atoms with Crippen molar-refractivity contribution in [3.63, 3.8) is 0 Å². The van der Waals surface area contributed by atoms with E-state index < -0.39 is 0 Å². The molecule has 2 N–H and O–H groups in total. The second kappa shape index (κ2) is 9.82. The van der Waals surface area contributed by atoms with Crippen LogP contribution in [0.3, 0.4) is 0 Å². The monoisotopic (exact) mass is 792 g/mol. The van der Waals surface area contributed by atoms with E-state index in [-0.39, 0.29) is 0 Å². The van der Waals surface area contributed by atoms with Gasteiger partial charge in [-0.2, -0.15) is 0 Å². The molecule has 0 aliphatic rings. The molecule has 0 saturated carbocycles. The van der Waals surface area contributed by atoms with Gasteiger partial charge in [0.15, 0.2) is 0 Å². The Morgan fingerprint density at radius 2 is 0.885 bits per heavy atom. The van der Waals surface area contributed by atoms with Gasteiger partial charge in [-0.25, -0.2) is 9.97 Å². The molecular weight excluding hydrogens is 780 g/mol. The molecule has 4 rings (SSSR count). The zero-order valence-electron chi connectivity index (χ0n) is 13.2. The van der Waals surface area contributed by atoms with Gasteiger partial charge < -0.3 is 9.97 Å². The lowest BCUT2D eigenvalue weighted by molar-refractivity contribution is 1.29. The molecule has 0 spiro atoms. The number of nitrogens with one attached hydrogen (secondary N) is 2. The highest BCUT2D eigenvalue weighted by molar-refractivity contribution is 14.1. The molecule has 0 radical (unpaired) electrons. The Kier molecular flexibility index (Phi) is 7.75. The van der Waals surface area contributed by atoms with Crippen molar-refractivity contribution in [2.24, 2.45) is 0 Å². The van der Waals surface area contributed by atoms with Gasteiger partial charge in [-0.3, -0.25) is 0 Å². The summed E-state index contributed by atoms with van der Waals surface area (Å²) >= 11 is 8.94. The first-order valence-corrected chi connectivity index (χ1v) is 11.8. The Hall–Kier alpha value is -0.220. The summed E-state index contributed by atoms with van der Waals surface area (Å²) in [5.74, 6) is 1.88. The summed E-state index contributed by atoms with van der Waals surface area (Å²) in [6, 6.07) is 20.2. The fourth-order valence-corrected chi connectivity index (χ4v) is 3.63. The van der Waals surface area contributed by atoms with Crippen molar-refractivity contribution >= 4 is 90.4 Å². The molecule has 0 amide bonds. The van der Waals surface area contributed by atoms with Crippen LogP contribution in [0.1, 0.15) is 0 Å². The standard InChI is InChI=1S/2C9H6I2N2/c2*10-7-8(11)13-9(12-7)6-4-2-1-3-5-6/h2*1-5H,(H,12,13). The van der Waals surface area contributed by atoms with Gasteiger partial charge >= 0.3 is 0 Å². The van der Waals surface area contributed by atoms with E-state index in [2.05, 4.69) is 110 Å². The van der Waals surface area contributed by atoms with E-state index in [1.54, 1.807) is 0 Å². The van der Waals surface area contributed by atoms with Crippen LogP contribution in [-0.2, 0) is 0 Å². The molecule has 0 unspecified atom stereocenters. The maximum absolute atomic E-state index is 4.40. The summed E-state index contributed by atoms with van der Waals surface area (Å²) in [6.07, 6.45) is 0. The van der Waals surface area contributed by atoms with Crippen LogP contribution in [0.2, 0.25) is 0 Å². The Morgan fingerprint density at radius 3 is 1.15 bits per heavy atom. The lowest BCUT2D eigenvalue weighted by Gasteiger charge is -1.93. The van der Waals surface area contributed by atoms with Gasteiger partial charge in [0.1, 0.15) is 26.5 Å². The maximum Gasteiger partial charge on any atom is 0.139 e. The lowest BCUT2D eigenvalue weighted by atomic mass is 10.2. The Morgan fingerprint density at radius 1 is 0.538 bits per heavy atom. The van der Waals surface area contributed by atoms with Crippen LogP contribution in [-0.4, -0.2) is 19.9 Å². The number of aromatic amines is 2. The van der Waals surface area contributed by atoms with E-state index in [4.69, 9.17) is 0 Å². The van der Waals surface area contributed by atoms with Gasteiger partial charge in [-0.05, 0) is 90.4 Å². The summed E-state index contributed by atoms with van der Waals surface area (Å²) in [5, 5.41) is 0. The highest BCUT2D eigenvalue weighted by atomic mass is 127. The molecule has 0 bridgehead atoms. The minimum Gasteiger partial charge on any atom is -0.333 e. The zero-order chi connectivity index (χ0) is 18.5. The summed E-state index contributed by atoms with van der Waals surface area (Å²) in [4.78, 5) is 15.3. The fraction of sp³-hybridized carbons (Fsp3) is 0. The van der Waals surface area contributed by atoms with Crippen molar-refractivity contribution in [2.75, 3.05) is 0 Å². The molecule has 2 aromatic carbocycles. The van der Waals surface area contributed by atoms with E-state index in [0.29, 0.717) is 0 Å². The molecule has 26 heavy (non-hydrogen) atoms. The third kappa shape index (κ3) is 5.41. The van der Waals surface area contributed by atoms with Gasteiger partial charge in [-0.15, -0.1) is 0 Å². The fourth-order valence-electron chi connectivity index (χ4n) is 2.13. The average molecular weight is 792 g/mol. The summed E-state index contributed by atoms with van der Waals surface area (Å²) in [6.45, 7) is 0. The largest absolute Gasteiger partial charge is 0.333 e. The van der Waals surface area contributed by atoms with Crippen LogP contribution in [0.15, 0.2) is 60.7 Å². The molecule has 2 aromatic heterocycles. The molecule has 2 heterocycles. The van der Waals surface area contributed by atoms with Crippen molar-refractivity contribution < 1.29 is 0 Å². The number of hydrogen-bond acceptors (Lipinski definition) is 2. The number of hydrogen-bond donors (Lipinski definition) is 2. The minimum atomic E-state index is 0.939. The number of halogens is 4. The van der Waals surface area contributed by atoms with Crippen molar-refractivity contribution in [3.05, 3.63) is 75.5 Å². The quantitative estimate of drug-likeness (QED) is 0.226. The van der Waals surface area contributed by atoms with Crippen molar-refractivity contribution in [1.82, 2.24) is 19.9 Å². The molecule has 0 saturated heterocycles. The summed E-state index contributed by atoms with van der Waals surface area (Å²) in [7, 11) is 0.